The van der Waals surface area contributed by atoms with Crippen LogP contribution in [0.5, 0.6) is 0 Å². The SMILES string of the molecule is CC(C)(OC(=O)COC(=O)C1CC2CC1C1C3C=CC(C3)C21)C1CCCC1. The molecule has 0 aromatic rings. The van der Waals surface area contributed by atoms with E-state index in [0.29, 0.717) is 29.6 Å². The minimum atomic E-state index is -0.463. The summed E-state index contributed by atoms with van der Waals surface area (Å²) in [5, 5.41) is 0. The molecule has 5 aliphatic carbocycles. The third-order valence-electron chi connectivity index (χ3n) is 8.62. The van der Waals surface area contributed by atoms with Gasteiger partial charge in [0.2, 0.25) is 0 Å². The van der Waals surface area contributed by atoms with Gasteiger partial charge in [0, 0.05) is 0 Å². The van der Waals surface area contributed by atoms with Gasteiger partial charge in [-0.1, -0.05) is 25.0 Å². The molecular weight excluding hydrogens is 340 g/mol. The number of esters is 2. The first-order valence-corrected chi connectivity index (χ1v) is 11.0. The first-order valence-electron chi connectivity index (χ1n) is 11.0. The lowest BCUT2D eigenvalue weighted by molar-refractivity contribution is -0.174. The molecular formula is C23H32O4. The minimum Gasteiger partial charge on any atom is -0.457 e. The van der Waals surface area contributed by atoms with Crippen molar-refractivity contribution in [2.75, 3.05) is 6.61 Å². The van der Waals surface area contributed by atoms with Crippen LogP contribution in [0.15, 0.2) is 12.2 Å². The fraction of sp³-hybridized carbons (Fsp3) is 0.826. The van der Waals surface area contributed by atoms with Gasteiger partial charge in [0.25, 0.3) is 0 Å². The second-order valence-electron chi connectivity index (χ2n) is 10.3. The van der Waals surface area contributed by atoms with Crippen molar-refractivity contribution in [2.45, 2.75) is 64.4 Å². The molecule has 0 N–H and O–H groups in total. The van der Waals surface area contributed by atoms with Gasteiger partial charge < -0.3 is 9.47 Å². The highest BCUT2D eigenvalue weighted by Gasteiger charge is 2.62. The average Bonchev–Trinajstić information content (AvgIpc) is 3.43. The van der Waals surface area contributed by atoms with Gasteiger partial charge in [-0.2, -0.15) is 0 Å². The van der Waals surface area contributed by atoms with E-state index in [9.17, 15) is 9.59 Å². The Kier molecular flexibility index (Phi) is 4.18. The molecule has 0 aromatic carbocycles. The van der Waals surface area contributed by atoms with E-state index in [0.717, 1.165) is 31.1 Å². The maximum atomic E-state index is 12.7. The summed E-state index contributed by atoms with van der Waals surface area (Å²) in [6.45, 7) is 3.74. The van der Waals surface area contributed by atoms with Gasteiger partial charge in [0.1, 0.15) is 5.60 Å². The van der Waals surface area contributed by atoms with Crippen molar-refractivity contribution in [3.63, 3.8) is 0 Å². The van der Waals surface area contributed by atoms with Crippen molar-refractivity contribution >= 4 is 11.9 Å². The second-order valence-corrected chi connectivity index (χ2v) is 10.3. The molecule has 7 atom stereocenters. The lowest BCUT2D eigenvalue weighted by Crippen LogP contribution is -2.38. The third kappa shape index (κ3) is 2.86. The van der Waals surface area contributed by atoms with E-state index in [1.54, 1.807) is 0 Å². The maximum absolute atomic E-state index is 12.7. The van der Waals surface area contributed by atoms with Gasteiger partial charge in [-0.05, 0) is 87.4 Å². The highest BCUT2D eigenvalue weighted by Crippen LogP contribution is 2.67. The maximum Gasteiger partial charge on any atom is 0.344 e. The molecule has 0 spiro atoms. The van der Waals surface area contributed by atoms with Gasteiger partial charge >= 0.3 is 11.9 Å². The summed E-state index contributed by atoms with van der Waals surface area (Å²) in [4.78, 5) is 25.0. The summed E-state index contributed by atoms with van der Waals surface area (Å²) >= 11 is 0. The zero-order chi connectivity index (χ0) is 18.8. The molecule has 0 heterocycles. The van der Waals surface area contributed by atoms with Crippen molar-refractivity contribution in [2.24, 2.45) is 47.3 Å². The molecule has 4 bridgehead atoms. The fourth-order valence-corrected chi connectivity index (χ4v) is 7.55. The summed E-state index contributed by atoms with van der Waals surface area (Å²) < 4.78 is 11.1. The van der Waals surface area contributed by atoms with Crippen molar-refractivity contribution in [3.05, 3.63) is 12.2 Å². The molecule has 7 unspecified atom stereocenters. The van der Waals surface area contributed by atoms with E-state index in [-0.39, 0.29) is 18.5 Å². The van der Waals surface area contributed by atoms with Crippen LogP contribution < -0.4 is 0 Å². The Labute approximate surface area is 162 Å². The van der Waals surface area contributed by atoms with Crippen LogP contribution in [0.4, 0.5) is 0 Å². The topological polar surface area (TPSA) is 52.6 Å². The number of hydrogen-bond donors (Lipinski definition) is 0. The summed E-state index contributed by atoms with van der Waals surface area (Å²) in [5.41, 5.74) is -0.463. The zero-order valence-electron chi connectivity index (χ0n) is 16.6. The Balaban J connectivity index is 1.14. The lowest BCUT2D eigenvalue weighted by atomic mass is 9.69. The van der Waals surface area contributed by atoms with E-state index in [1.165, 1.54) is 25.7 Å². The molecule has 27 heavy (non-hydrogen) atoms. The quantitative estimate of drug-likeness (QED) is 0.413. The number of ether oxygens (including phenoxy) is 2. The van der Waals surface area contributed by atoms with E-state index in [4.69, 9.17) is 9.47 Å². The van der Waals surface area contributed by atoms with Crippen LogP contribution in [-0.2, 0) is 19.1 Å². The molecule has 4 nitrogen and oxygen atoms in total. The van der Waals surface area contributed by atoms with Crippen LogP contribution in [0.25, 0.3) is 0 Å². The Hall–Kier alpha value is -1.32. The van der Waals surface area contributed by atoms with Crippen LogP contribution in [0.2, 0.25) is 0 Å². The first-order chi connectivity index (χ1) is 12.9. The minimum absolute atomic E-state index is 0.000331. The Morgan fingerprint density at radius 3 is 2.44 bits per heavy atom. The highest BCUT2D eigenvalue weighted by molar-refractivity contribution is 5.78. The lowest BCUT2D eigenvalue weighted by Gasteiger charge is -2.35. The van der Waals surface area contributed by atoms with Gasteiger partial charge in [-0.3, -0.25) is 4.79 Å². The van der Waals surface area contributed by atoms with Gasteiger partial charge in [-0.25, -0.2) is 4.79 Å². The van der Waals surface area contributed by atoms with E-state index in [2.05, 4.69) is 12.2 Å². The number of allylic oxidation sites excluding steroid dienone is 2. The summed E-state index contributed by atoms with van der Waals surface area (Å²) in [5.74, 6) is 3.96. The zero-order valence-corrected chi connectivity index (χ0v) is 16.6. The highest BCUT2D eigenvalue weighted by atomic mass is 16.6. The van der Waals surface area contributed by atoms with Crippen molar-refractivity contribution in [1.82, 2.24) is 0 Å². The molecule has 4 heteroatoms. The number of carbonyl (C=O) groups is 2. The van der Waals surface area contributed by atoms with Gasteiger partial charge in [0.15, 0.2) is 6.61 Å². The predicted molar refractivity (Wildman–Crippen MR) is 101 cm³/mol. The van der Waals surface area contributed by atoms with E-state index in [1.807, 2.05) is 13.8 Å². The summed E-state index contributed by atoms with van der Waals surface area (Å²) in [6.07, 6.45) is 12.9. The molecule has 4 saturated carbocycles. The molecule has 0 radical (unpaired) electrons. The standard InChI is InChI=1S/C23H32O4/c1-23(2,16-5-3-4-6-16)27-19(24)12-26-22(25)18-11-15-10-17(18)21-14-8-7-13(9-14)20(15)21/h7-8,13-18,20-21H,3-6,9-12H2,1-2H3. The molecule has 0 amide bonds. The molecule has 148 valence electrons. The number of fused-ring (bicyclic) bond motifs is 9. The average molecular weight is 373 g/mol. The predicted octanol–water partition coefficient (Wildman–Crippen LogP) is 4.14. The van der Waals surface area contributed by atoms with Gasteiger partial charge in [-0.15, -0.1) is 0 Å². The van der Waals surface area contributed by atoms with Gasteiger partial charge in [0.05, 0.1) is 5.92 Å². The molecule has 5 rings (SSSR count). The van der Waals surface area contributed by atoms with E-state index < -0.39 is 11.6 Å². The van der Waals surface area contributed by atoms with Crippen molar-refractivity contribution in [3.8, 4) is 0 Å². The number of rotatable bonds is 5. The normalized spacial score (nSPS) is 41.9. The smallest absolute Gasteiger partial charge is 0.344 e. The molecule has 0 saturated heterocycles. The number of carbonyl (C=O) groups excluding carboxylic acids is 2. The number of hydrogen-bond acceptors (Lipinski definition) is 4. The Bertz CT molecular complexity index is 659. The largest absolute Gasteiger partial charge is 0.457 e. The summed E-state index contributed by atoms with van der Waals surface area (Å²) in [7, 11) is 0. The molecule has 5 aliphatic rings. The van der Waals surface area contributed by atoms with Crippen molar-refractivity contribution in [1.29, 1.82) is 0 Å². The Morgan fingerprint density at radius 1 is 1.00 bits per heavy atom. The monoisotopic (exact) mass is 372 g/mol. The van der Waals surface area contributed by atoms with Crippen LogP contribution in [-0.4, -0.2) is 24.1 Å². The second kappa shape index (κ2) is 6.35. The Morgan fingerprint density at radius 2 is 1.70 bits per heavy atom. The fourth-order valence-electron chi connectivity index (χ4n) is 7.55. The third-order valence-corrected chi connectivity index (χ3v) is 8.62. The molecule has 4 fully saturated rings. The van der Waals surface area contributed by atoms with Crippen LogP contribution in [0, 0.1) is 47.3 Å². The summed E-state index contributed by atoms with van der Waals surface area (Å²) in [6, 6.07) is 0. The van der Waals surface area contributed by atoms with Crippen LogP contribution >= 0.6 is 0 Å². The van der Waals surface area contributed by atoms with Crippen LogP contribution in [0.3, 0.4) is 0 Å². The first kappa shape index (κ1) is 17.8. The van der Waals surface area contributed by atoms with Crippen molar-refractivity contribution < 1.29 is 19.1 Å². The van der Waals surface area contributed by atoms with E-state index >= 15 is 0 Å². The van der Waals surface area contributed by atoms with Crippen LogP contribution in [0.1, 0.15) is 58.8 Å². The molecule has 0 aromatic heterocycles. The molecule has 0 aliphatic heterocycles.